The lowest BCUT2D eigenvalue weighted by Crippen LogP contribution is -2.31. The van der Waals surface area contributed by atoms with E-state index in [0.717, 1.165) is 16.5 Å². The number of carbonyl (C=O) groups is 3. The van der Waals surface area contributed by atoms with Crippen LogP contribution in [-0.2, 0) is 9.53 Å². The minimum Gasteiger partial charge on any atom is -0.459 e. The second kappa shape index (κ2) is 8.00. The predicted octanol–water partition coefficient (Wildman–Crippen LogP) is 2.30. The SMILES string of the molecule is Cc1cc(C(=O)COC(=O)CNC(=O)c2ccco2)c(C)n1-c1nccs1. The van der Waals surface area contributed by atoms with E-state index in [1.165, 1.54) is 23.7 Å². The fourth-order valence-corrected chi connectivity index (χ4v) is 3.34. The van der Waals surface area contributed by atoms with E-state index < -0.39 is 18.5 Å². The Morgan fingerprint density at radius 3 is 2.81 bits per heavy atom. The number of hydrogen-bond acceptors (Lipinski definition) is 7. The summed E-state index contributed by atoms with van der Waals surface area (Å²) in [4.78, 5) is 40.1. The van der Waals surface area contributed by atoms with Crippen molar-refractivity contribution in [3.8, 4) is 5.13 Å². The van der Waals surface area contributed by atoms with E-state index >= 15 is 0 Å². The number of hydrogen-bond donors (Lipinski definition) is 1. The third-order valence-electron chi connectivity index (χ3n) is 3.84. The molecule has 9 heteroatoms. The number of nitrogens with zero attached hydrogens (tertiary/aromatic N) is 2. The molecule has 0 aromatic carbocycles. The van der Waals surface area contributed by atoms with E-state index in [2.05, 4.69) is 10.3 Å². The van der Waals surface area contributed by atoms with Crippen molar-refractivity contribution in [2.45, 2.75) is 13.8 Å². The van der Waals surface area contributed by atoms with Gasteiger partial charge < -0.3 is 14.5 Å². The molecule has 0 radical (unpaired) electrons. The number of amides is 1. The van der Waals surface area contributed by atoms with Crippen LogP contribution in [0.5, 0.6) is 0 Å². The first-order valence-corrected chi connectivity index (χ1v) is 8.94. The molecular weight excluding hydrogens is 370 g/mol. The van der Waals surface area contributed by atoms with Crippen molar-refractivity contribution in [3.63, 3.8) is 0 Å². The van der Waals surface area contributed by atoms with Crippen molar-refractivity contribution in [2.75, 3.05) is 13.2 Å². The normalized spacial score (nSPS) is 10.6. The molecule has 0 aliphatic rings. The molecule has 0 bridgehead atoms. The predicted molar refractivity (Wildman–Crippen MR) is 97.2 cm³/mol. The quantitative estimate of drug-likeness (QED) is 0.493. The maximum absolute atomic E-state index is 12.4. The number of aromatic nitrogens is 2. The monoisotopic (exact) mass is 387 g/mol. The van der Waals surface area contributed by atoms with Crippen LogP contribution in [0.4, 0.5) is 0 Å². The molecule has 0 aliphatic heterocycles. The lowest BCUT2D eigenvalue weighted by atomic mass is 10.1. The van der Waals surface area contributed by atoms with E-state index in [4.69, 9.17) is 9.15 Å². The topological polar surface area (TPSA) is 103 Å². The van der Waals surface area contributed by atoms with E-state index in [0.29, 0.717) is 5.56 Å². The highest BCUT2D eigenvalue weighted by Crippen LogP contribution is 2.22. The van der Waals surface area contributed by atoms with Crippen LogP contribution in [0.3, 0.4) is 0 Å². The summed E-state index contributed by atoms with van der Waals surface area (Å²) in [5, 5.41) is 4.98. The van der Waals surface area contributed by atoms with Gasteiger partial charge in [0, 0.05) is 28.5 Å². The van der Waals surface area contributed by atoms with Crippen LogP contribution in [0.25, 0.3) is 5.13 Å². The number of esters is 1. The fraction of sp³-hybridized carbons (Fsp3) is 0.222. The number of furan rings is 1. The Bertz CT molecular complexity index is 958. The van der Waals surface area contributed by atoms with Gasteiger partial charge in [-0.15, -0.1) is 11.3 Å². The number of ketones is 1. The first-order chi connectivity index (χ1) is 13.0. The van der Waals surface area contributed by atoms with Crippen molar-refractivity contribution in [3.05, 3.63) is 58.8 Å². The zero-order valence-electron chi connectivity index (χ0n) is 14.7. The van der Waals surface area contributed by atoms with Crippen LogP contribution in [0.1, 0.15) is 32.3 Å². The number of thiazole rings is 1. The molecule has 0 unspecified atom stereocenters. The van der Waals surface area contributed by atoms with E-state index in [-0.39, 0.29) is 18.1 Å². The molecule has 140 valence electrons. The van der Waals surface area contributed by atoms with Gasteiger partial charge in [0.05, 0.1) is 6.26 Å². The van der Waals surface area contributed by atoms with E-state index in [9.17, 15) is 14.4 Å². The smallest absolute Gasteiger partial charge is 0.325 e. The number of ether oxygens (including phenoxy) is 1. The summed E-state index contributed by atoms with van der Waals surface area (Å²) in [6, 6.07) is 4.78. The Balaban J connectivity index is 1.56. The van der Waals surface area contributed by atoms with Gasteiger partial charge in [0.1, 0.15) is 6.54 Å². The highest BCUT2D eigenvalue weighted by atomic mass is 32.1. The largest absolute Gasteiger partial charge is 0.459 e. The first kappa shape index (κ1) is 18.6. The van der Waals surface area contributed by atoms with Gasteiger partial charge in [-0.05, 0) is 32.0 Å². The second-order valence-corrected chi connectivity index (χ2v) is 6.55. The molecule has 8 nitrogen and oxygen atoms in total. The Hall–Kier alpha value is -3.20. The number of rotatable bonds is 7. The Labute approximate surface area is 158 Å². The Morgan fingerprint density at radius 2 is 2.15 bits per heavy atom. The molecule has 0 fully saturated rings. The molecule has 3 aromatic rings. The van der Waals surface area contributed by atoms with Crippen molar-refractivity contribution >= 4 is 29.0 Å². The van der Waals surface area contributed by atoms with Gasteiger partial charge in [-0.25, -0.2) is 4.98 Å². The summed E-state index contributed by atoms with van der Waals surface area (Å²) in [5.74, 6) is -1.47. The zero-order chi connectivity index (χ0) is 19.4. The van der Waals surface area contributed by atoms with Gasteiger partial charge >= 0.3 is 5.97 Å². The Kier molecular flexibility index (Phi) is 5.51. The van der Waals surface area contributed by atoms with Gasteiger partial charge in [0.25, 0.3) is 5.91 Å². The van der Waals surface area contributed by atoms with Crippen molar-refractivity contribution < 1.29 is 23.5 Å². The van der Waals surface area contributed by atoms with Crippen molar-refractivity contribution in [1.82, 2.24) is 14.9 Å². The van der Waals surface area contributed by atoms with Gasteiger partial charge in [-0.3, -0.25) is 19.0 Å². The summed E-state index contributed by atoms with van der Waals surface area (Å²) in [5.41, 5.74) is 2.06. The number of Topliss-reactive ketones (excluding diaryl/α,β-unsaturated/α-hetero) is 1. The molecule has 3 heterocycles. The lowest BCUT2D eigenvalue weighted by Gasteiger charge is -2.07. The third-order valence-corrected chi connectivity index (χ3v) is 4.60. The molecule has 0 saturated carbocycles. The van der Waals surface area contributed by atoms with Crippen molar-refractivity contribution in [1.29, 1.82) is 0 Å². The highest BCUT2D eigenvalue weighted by molar-refractivity contribution is 7.12. The average molecular weight is 387 g/mol. The van der Waals surface area contributed by atoms with E-state index in [1.807, 2.05) is 23.8 Å². The van der Waals surface area contributed by atoms with E-state index in [1.54, 1.807) is 18.3 Å². The highest BCUT2D eigenvalue weighted by Gasteiger charge is 2.19. The summed E-state index contributed by atoms with van der Waals surface area (Å²) in [6.45, 7) is 2.93. The van der Waals surface area contributed by atoms with Gasteiger partial charge in [-0.2, -0.15) is 0 Å². The summed E-state index contributed by atoms with van der Waals surface area (Å²) < 4.78 is 11.8. The Morgan fingerprint density at radius 1 is 1.33 bits per heavy atom. The average Bonchev–Trinajstić information content (AvgIpc) is 3.39. The molecule has 27 heavy (non-hydrogen) atoms. The van der Waals surface area contributed by atoms with Crippen LogP contribution >= 0.6 is 11.3 Å². The maximum Gasteiger partial charge on any atom is 0.325 e. The van der Waals surface area contributed by atoms with Gasteiger partial charge in [0.2, 0.25) is 5.78 Å². The molecule has 0 atom stereocenters. The molecule has 0 saturated heterocycles. The summed E-state index contributed by atoms with van der Waals surface area (Å²) in [6.07, 6.45) is 3.05. The lowest BCUT2D eigenvalue weighted by molar-refractivity contribution is -0.141. The number of nitrogens with one attached hydrogen (secondary N) is 1. The minimum atomic E-state index is -0.711. The van der Waals surface area contributed by atoms with Crippen LogP contribution in [0, 0.1) is 13.8 Å². The fourth-order valence-electron chi connectivity index (χ4n) is 2.59. The molecular formula is C18H17N3O5S. The molecule has 3 rings (SSSR count). The summed E-state index contributed by atoms with van der Waals surface area (Å²) >= 11 is 1.46. The molecule has 3 aromatic heterocycles. The van der Waals surface area contributed by atoms with Gasteiger partial charge in [-0.1, -0.05) is 0 Å². The minimum absolute atomic E-state index is 0.0912. The molecule has 1 N–H and O–H groups in total. The first-order valence-electron chi connectivity index (χ1n) is 8.06. The standard InChI is InChI=1S/C18H17N3O5S/c1-11-8-13(12(2)21(11)18-19-5-7-27-18)14(22)10-26-16(23)9-20-17(24)15-4-3-6-25-15/h3-8H,9-10H2,1-2H3,(H,20,24). The number of aryl methyl sites for hydroxylation is 1. The van der Waals surface area contributed by atoms with Crippen LogP contribution in [-0.4, -0.2) is 40.4 Å². The number of carbonyl (C=O) groups excluding carboxylic acids is 3. The van der Waals surface area contributed by atoms with Crippen LogP contribution in [0.15, 0.2) is 40.5 Å². The van der Waals surface area contributed by atoms with Crippen LogP contribution < -0.4 is 5.32 Å². The molecule has 0 aliphatic carbocycles. The molecule has 0 spiro atoms. The van der Waals surface area contributed by atoms with Crippen LogP contribution in [0.2, 0.25) is 0 Å². The second-order valence-electron chi connectivity index (χ2n) is 5.68. The third kappa shape index (κ3) is 4.14. The molecule has 1 amide bonds. The zero-order valence-corrected chi connectivity index (χ0v) is 15.5. The summed E-state index contributed by atoms with van der Waals surface area (Å²) in [7, 11) is 0. The van der Waals surface area contributed by atoms with Gasteiger partial charge in [0.15, 0.2) is 17.5 Å². The van der Waals surface area contributed by atoms with Crippen molar-refractivity contribution in [2.24, 2.45) is 0 Å². The maximum atomic E-state index is 12.4.